The largest absolute Gasteiger partial charge is 0.452 e. The van der Waals surface area contributed by atoms with Crippen molar-refractivity contribution in [3.63, 3.8) is 0 Å². The summed E-state index contributed by atoms with van der Waals surface area (Å²) in [7, 11) is -3.66. The number of carbonyl (C=O) groups excluding carboxylic acids is 2. The molecule has 1 fully saturated rings. The van der Waals surface area contributed by atoms with Crippen molar-refractivity contribution in [3.05, 3.63) is 64.7 Å². The van der Waals surface area contributed by atoms with Gasteiger partial charge < -0.3 is 10.1 Å². The number of esters is 1. The predicted molar refractivity (Wildman–Crippen MR) is 113 cm³/mol. The van der Waals surface area contributed by atoms with Gasteiger partial charge in [-0.2, -0.15) is 4.31 Å². The second-order valence-electron chi connectivity index (χ2n) is 6.94. The van der Waals surface area contributed by atoms with Gasteiger partial charge in [-0.25, -0.2) is 13.2 Å². The highest BCUT2D eigenvalue weighted by molar-refractivity contribution is 7.89. The molecular formula is C21H23ClN2O5S. The molecule has 2 aromatic carbocycles. The van der Waals surface area contributed by atoms with E-state index < -0.39 is 28.5 Å². The van der Waals surface area contributed by atoms with Gasteiger partial charge in [-0.1, -0.05) is 42.3 Å². The number of hydrogen-bond acceptors (Lipinski definition) is 5. The number of hydrogen-bond donors (Lipinski definition) is 1. The SMILES string of the molecule is O=C(COC(=O)c1cccc(S(=O)(=O)N2CCCCC2)c1)NCc1ccccc1Cl. The summed E-state index contributed by atoms with van der Waals surface area (Å²) in [6.07, 6.45) is 2.66. The van der Waals surface area contributed by atoms with Crippen LogP contribution < -0.4 is 5.32 Å². The molecule has 1 N–H and O–H groups in total. The Hall–Kier alpha value is -2.42. The van der Waals surface area contributed by atoms with Crippen LogP contribution in [0.25, 0.3) is 0 Å². The van der Waals surface area contributed by atoms with Crippen molar-refractivity contribution in [1.29, 1.82) is 0 Å². The zero-order valence-electron chi connectivity index (χ0n) is 16.3. The van der Waals surface area contributed by atoms with Gasteiger partial charge in [0, 0.05) is 24.7 Å². The van der Waals surface area contributed by atoms with Crippen LogP contribution in [0.1, 0.15) is 35.2 Å². The average molecular weight is 451 g/mol. The molecule has 1 aliphatic rings. The summed E-state index contributed by atoms with van der Waals surface area (Å²) in [5.74, 6) is -1.25. The summed E-state index contributed by atoms with van der Waals surface area (Å²) in [6, 6.07) is 12.8. The highest BCUT2D eigenvalue weighted by atomic mass is 35.5. The highest BCUT2D eigenvalue weighted by Gasteiger charge is 2.26. The van der Waals surface area contributed by atoms with E-state index in [9.17, 15) is 18.0 Å². The van der Waals surface area contributed by atoms with E-state index in [4.69, 9.17) is 16.3 Å². The summed E-state index contributed by atoms with van der Waals surface area (Å²) in [4.78, 5) is 24.3. The molecule has 160 valence electrons. The van der Waals surface area contributed by atoms with E-state index in [1.165, 1.54) is 28.6 Å². The van der Waals surface area contributed by atoms with Crippen molar-refractivity contribution in [2.75, 3.05) is 19.7 Å². The summed E-state index contributed by atoms with van der Waals surface area (Å²) in [6.45, 7) is 0.678. The summed E-state index contributed by atoms with van der Waals surface area (Å²) < 4.78 is 32.0. The molecule has 2 aromatic rings. The van der Waals surface area contributed by atoms with E-state index in [0.717, 1.165) is 24.8 Å². The number of nitrogens with one attached hydrogen (secondary N) is 1. The van der Waals surface area contributed by atoms with Crippen molar-refractivity contribution < 1.29 is 22.7 Å². The number of halogens is 1. The van der Waals surface area contributed by atoms with Crippen LogP contribution in [0.5, 0.6) is 0 Å². The number of amides is 1. The zero-order valence-corrected chi connectivity index (χ0v) is 17.9. The van der Waals surface area contributed by atoms with Crippen LogP contribution in [0.3, 0.4) is 0 Å². The monoisotopic (exact) mass is 450 g/mol. The number of piperidine rings is 1. The Morgan fingerprint density at radius 1 is 1.03 bits per heavy atom. The van der Waals surface area contributed by atoms with E-state index in [0.29, 0.717) is 18.1 Å². The maximum absolute atomic E-state index is 12.8. The molecule has 0 radical (unpaired) electrons. The van der Waals surface area contributed by atoms with E-state index in [1.54, 1.807) is 24.3 Å². The Morgan fingerprint density at radius 2 is 1.77 bits per heavy atom. The standard InChI is InChI=1S/C21H23ClN2O5S/c22-19-10-3-2-7-17(19)14-23-20(25)15-29-21(26)16-8-6-9-18(13-16)30(27,28)24-11-4-1-5-12-24/h2-3,6-10,13H,1,4-5,11-12,14-15H2,(H,23,25). The molecule has 0 aromatic heterocycles. The van der Waals surface area contributed by atoms with E-state index >= 15 is 0 Å². The number of nitrogens with zero attached hydrogens (tertiary/aromatic N) is 1. The molecule has 1 amide bonds. The fraction of sp³-hybridized carbons (Fsp3) is 0.333. The van der Waals surface area contributed by atoms with Crippen LogP contribution in [-0.4, -0.2) is 44.3 Å². The third-order valence-electron chi connectivity index (χ3n) is 4.79. The van der Waals surface area contributed by atoms with Gasteiger partial charge in [0.2, 0.25) is 10.0 Å². The highest BCUT2D eigenvalue weighted by Crippen LogP contribution is 2.21. The zero-order chi connectivity index (χ0) is 21.6. The predicted octanol–water partition coefficient (Wildman–Crippen LogP) is 2.99. The molecule has 0 bridgehead atoms. The van der Waals surface area contributed by atoms with Crippen LogP contribution in [-0.2, 0) is 26.1 Å². The lowest BCUT2D eigenvalue weighted by atomic mass is 10.2. The molecule has 3 rings (SSSR count). The lowest BCUT2D eigenvalue weighted by Gasteiger charge is -2.25. The average Bonchev–Trinajstić information content (AvgIpc) is 2.77. The minimum absolute atomic E-state index is 0.0435. The van der Waals surface area contributed by atoms with Gasteiger partial charge in [0.05, 0.1) is 10.5 Å². The van der Waals surface area contributed by atoms with Gasteiger partial charge >= 0.3 is 5.97 Å². The first-order valence-corrected chi connectivity index (χ1v) is 11.5. The molecule has 30 heavy (non-hydrogen) atoms. The Balaban J connectivity index is 1.57. The summed E-state index contributed by atoms with van der Waals surface area (Å²) in [5, 5.41) is 3.15. The van der Waals surface area contributed by atoms with Crippen molar-refractivity contribution in [1.82, 2.24) is 9.62 Å². The Morgan fingerprint density at radius 3 is 2.50 bits per heavy atom. The molecular weight excluding hydrogens is 428 g/mol. The molecule has 0 aliphatic carbocycles. The van der Waals surface area contributed by atoms with Crippen LogP contribution >= 0.6 is 11.6 Å². The fourth-order valence-corrected chi connectivity index (χ4v) is 4.90. The van der Waals surface area contributed by atoms with Gasteiger partial charge in [0.15, 0.2) is 6.61 Å². The van der Waals surface area contributed by atoms with Crippen molar-refractivity contribution >= 4 is 33.5 Å². The normalized spacial score (nSPS) is 14.8. The number of rotatable bonds is 7. The first-order chi connectivity index (χ1) is 14.4. The van der Waals surface area contributed by atoms with E-state index in [2.05, 4.69) is 5.32 Å². The van der Waals surface area contributed by atoms with Crippen LogP contribution in [0, 0.1) is 0 Å². The van der Waals surface area contributed by atoms with Gasteiger partial charge in [-0.05, 0) is 42.7 Å². The van der Waals surface area contributed by atoms with Crippen molar-refractivity contribution in [3.8, 4) is 0 Å². The van der Waals surface area contributed by atoms with Crippen LogP contribution in [0.4, 0.5) is 0 Å². The Kier molecular flexibility index (Phi) is 7.47. The van der Waals surface area contributed by atoms with Crippen LogP contribution in [0.2, 0.25) is 5.02 Å². The van der Waals surface area contributed by atoms with Gasteiger partial charge in [0.1, 0.15) is 0 Å². The summed E-state index contributed by atoms with van der Waals surface area (Å²) >= 11 is 6.03. The third-order valence-corrected chi connectivity index (χ3v) is 7.05. The number of sulfonamides is 1. The number of ether oxygens (including phenoxy) is 1. The lowest BCUT2D eigenvalue weighted by Crippen LogP contribution is -2.35. The fourth-order valence-electron chi connectivity index (χ4n) is 3.14. The molecule has 0 unspecified atom stereocenters. The summed E-state index contributed by atoms with van der Waals surface area (Å²) in [5.41, 5.74) is 0.821. The first-order valence-electron chi connectivity index (χ1n) is 9.65. The second kappa shape index (κ2) is 10.1. The lowest BCUT2D eigenvalue weighted by molar-refractivity contribution is -0.124. The van der Waals surface area contributed by atoms with Crippen LogP contribution in [0.15, 0.2) is 53.4 Å². The van der Waals surface area contributed by atoms with E-state index in [1.807, 2.05) is 0 Å². The second-order valence-corrected chi connectivity index (χ2v) is 9.28. The van der Waals surface area contributed by atoms with Gasteiger partial charge in [0.25, 0.3) is 5.91 Å². The van der Waals surface area contributed by atoms with Crippen molar-refractivity contribution in [2.45, 2.75) is 30.7 Å². The van der Waals surface area contributed by atoms with Gasteiger partial charge in [-0.15, -0.1) is 0 Å². The molecule has 7 nitrogen and oxygen atoms in total. The van der Waals surface area contributed by atoms with E-state index in [-0.39, 0.29) is 17.0 Å². The molecule has 0 atom stereocenters. The van der Waals surface area contributed by atoms with Gasteiger partial charge in [-0.3, -0.25) is 4.79 Å². The Labute approximate surface area is 181 Å². The molecule has 1 aliphatic heterocycles. The molecule has 9 heteroatoms. The minimum Gasteiger partial charge on any atom is -0.452 e. The topological polar surface area (TPSA) is 92.8 Å². The molecule has 0 saturated carbocycles. The maximum Gasteiger partial charge on any atom is 0.338 e. The Bertz CT molecular complexity index is 1020. The smallest absolute Gasteiger partial charge is 0.338 e. The third kappa shape index (κ3) is 5.59. The first kappa shape index (κ1) is 22.3. The number of carbonyl (C=O) groups is 2. The van der Waals surface area contributed by atoms with Crippen molar-refractivity contribution in [2.24, 2.45) is 0 Å². The molecule has 1 heterocycles. The molecule has 1 saturated heterocycles. The minimum atomic E-state index is -3.66. The maximum atomic E-state index is 12.8. The quantitative estimate of drug-likeness (QED) is 0.654. The molecule has 0 spiro atoms. The number of benzene rings is 2.